The average Bonchev–Trinajstić information content (AvgIpc) is 3.39. The second-order valence-corrected chi connectivity index (χ2v) is 8.30. The maximum absolute atomic E-state index is 14.5. The molecule has 2 amide bonds. The van der Waals surface area contributed by atoms with Crippen molar-refractivity contribution in [2.45, 2.75) is 24.2 Å². The smallest absolute Gasteiger partial charge is 0.229 e. The van der Waals surface area contributed by atoms with Crippen LogP contribution < -0.4 is 15.1 Å². The minimum atomic E-state index is -0.506. The van der Waals surface area contributed by atoms with E-state index in [0.717, 1.165) is 36.5 Å². The second kappa shape index (κ2) is 8.45. The number of anilines is 3. The van der Waals surface area contributed by atoms with Gasteiger partial charge in [-0.15, -0.1) is 11.8 Å². The zero-order valence-electron chi connectivity index (χ0n) is 16.4. The molecule has 1 N–H and O–H groups in total. The molecule has 5 nitrogen and oxygen atoms in total. The largest absolute Gasteiger partial charge is 0.370 e. The summed E-state index contributed by atoms with van der Waals surface area (Å²) in [5.41, 5.74) is 1.71. The van der Waals surface area contributed by atoms with Gasteiger partial charge < -0.3 is 15.1 Å². The number of thioether (sulfide) groups is 1. The zero-order chi connectivity index (χ0) is 20.4. The van der Waals surface area contributed by atoms with Gasteiger partial charge in [0.1, 0.15) is 11.5 Å². The number of hydrogen-bond acceptors (Lipinski definition) is 4. The SMILES string of the molecule is CSc1ccc(N2CC(C(=O)Nc3c(F)cccc3N3CCCC3)CC2=O)cc1. The van der Waals surface area contributed by atoms with Crippen LogP contribution in [-0.2, 0) is 9.59 Å². The van der Waals surface area contributed by atoms with Crippen molar-refractivity contribution in [3.63, 3.8) is 0 Å². The van der Waals surface area contributed by atoms with Gasteiger partial charge in [-0.1, -0.05) is 6.07 Å². The number of hydrogen-bond donors (Lipinski definition) is 1. The molecule has 4 rings (SSSR count). The lowest BCUT2D eigenvalue weighted by atomic mass is 10.1. The summed E-state index contributed by atoms with van der Waals surface area (Å²) in [4.78, 5) is 30.2. The monoisotopic (exact) mass is 413 g/mol. The van der Waals surface area contributed by atoms with E-state index >= 15 is 0 Å². The van der Waals surface area contributed by atoms with Gasteiger partial charge in [0.2, 0.25) is 11.8 Å². The normalized spacial score (nSPS) is 19.1. The van der Waals surface area contributed by atoms with Crippen molar-refractivity contribution in [2.24, 2.45) is 5.92 Å². The van der Waals surface area contributed by atoms with Gasteiger partial charge in [0, 0.05) is 36.6 Å². The first-order chi connectivity index (χ1) is 14.1. The molecule has 0 aromatic heterocycles. The summed E-state index contributed by atoms with van der Waals surface area (Å²) < 4.78 is 14.5. The average molecular weight is 414 g/mol. The van der Waals surface area contributed by atoms with E-state index in [4.69, 9.17) is 0 Å². The molecule has 0 spiro atoms. The first-order valence-electron chi connectivity index (χ1n) is 9.85. The van der Waals surface area contributed by atoms with Crippen LogP contribution in [0, 0.1) is 11.7 Å². The topological polar surface area (TPSA) is 52.7 Å². The highest BCUT2D eigenvalue weighted by atomic mass is 32.2. The van der Waals surface area contributed by atoms with Crippen molar-refractivity contribution < 1.29 is 14.0 Å². The summed E-state index contributed by atoms with van der Waals surface area (Å²) in [6.45, 7) is 2.01. The molecule has 152 valence electrons. The predicted molar refractivity (Wildman–Crippen MR) is 115 cm³/mol. The molecule has 2 aromatic carbocycles. The Balaban J connectivity index is 1.49. The molecule has 2 heterocycles. The Kier molecular flexibility index (Phi) is 5.76. The lowest BCUT2D eigenvalue weighted by Crippen LogP contribution is -2.29. The number of carbonyl (C=O) groups is 2. The van der Waals surface area contributed by atoms with Crippen molar-refractivity contribution in [1.29, 1.82) is 0 Å². The second-order valence-electron chi connectivity index (χ2n) is 7.42. The Morgan fingerprint density at radius 2 is 1.86 bits per heavy atom. The van der Waals surface area contributed by atoms with Crippen LogP contribution in [0.5, 0.6) is 0 Å². The van der Waals surface area contributed by atoms with Crippen LogP contribution in [0.15, 0.2) is 47.4 Å². The first kappa shape index (κ1) is 19.8. The molecule has 1 atom stereocenters. The molecule has 0 radical (unpaired) electrons. The summed E-state index contributed by atoms with van der Waals surface area (Å²) in [5.74, 6) is -1.35. The number of benzene rings is 2. The number of nitrogens with zero attached hydrogens (tertiary/aromatic N) is 2. The van der Waals surface area contributed by atoms with Gasteiger partial charge in [-0.3, -0.25) is 9.59 Å². The van der Waals surface area contributed by atoms with E-state index in [9.17, 15) is 14.0 Å². The van der Waals surface area contributed by atoms with E-state index in [-0.39, 0.29) is 23.9 Å². The Morgan fingerprint density at radius 3 is 2.55 bits per heavy atom. The number of rotatable bonds is 5. The highest BCUT2D eigenvalue weighted by Crippen LogP contribution is 2.33. The number of amides is 2. The van der Waals surface area contributed by atoms with E-state index < -0.39 is 11.7 Å². The molecular formula is C22H24FN3O2S. The van der Waals surface area contributed by atoms with E-state index in [1.807, 2.05) is 36.6 Å². The van der Waals surface area contributed by atoms with Crippen molar-refractivity contribution in [3.8, 4) is 0 Å². The summed E-state index contributed by atoms with van der Waals surface area (Å²) in [5, 5.41) is 2.77. The maximum Gasteiger partial charge on any atom is 0.229 e. The minimum Gasteiger partial charge on any atom is -0.370 e. The molecule has 2 fully saturated rings. The zero-order valence-corrected chi connectivity index (χ0v) is 17.2. The summed E-state index contributed by atoms with van der Waals surface area (Å²) >= 11 is 1.63. The van der Waals surface area contributed by atoms with Crippen molar-refractivity contribution >= 4 is 40.6 Å². The Bertz CT molecular complexity index is 913. The van der Waals surface area contributed by atoms with Crippen LogP contribution in [-0.4, -0.2) is 37.7 Å². The molecule has 0 saturated carbocycles. The summed E-state index contributed by atoms with van der Waals surface area (Å²) in [6.07, 6.45) is 4.25. The minimum absolute atomic E-state index is 0.0876. The van der Waals surface area contributed by atoms with Crippen molar-refractivity contribution in [3.05, 3.63) is 48.3 Å². The number of halogens is 1. The maximum atomic E-state index is 14.5. The molecule has 2 aliphatic rings. The molecule has 2 aliphatic heterocycles. The van der Waals surface area contributed by atoms with Gasteiger partial charge in [-0.2, -0.15) is 0 Å². The van der Waals surface area contributed by atoms with Gasteiger partial charge in [-0.25, -0.2) is 4.39 Å². The number of para-hydroxylation sites is 1. The van der Waals surface area contributed by atoms with Gasteiger partial charge in [0.15, 0.2) is 0 Å². The molecular weight excluding hydrogens is 389 g/mol. The quantitative estimate of drug-likeness (QED) is 0.749. The van der Waals surface area contributed by atoms with Crippen molar-refractivity contribution in [1.82, 2.24) is 0 Å². The fourth-order valence-corrected chi connectivity index (χ4v) is 4.39. The highest BCUT2D eigenvalue weighted by molar-refractivity contribution is 7.98. The van der Waals surface area contributed by atoms with Crippen LogP contribution in [0.25, 0.3) is 0 Å². The lowest BCUT2D eigenvalue weighted by Gasteiger charge is -2.23. The lowest BCUT2D eigenvalue weighted by molar-refractivity contribution is -0.122. The van der Waals surface area contributed by atoms with E-state index in [0.29, 0.717) is 12.2 Å². The van der Waals surface area contributed by atoms with Gasteiger partial charge >= 0.3 is 0 Å². The van der Waals surface area contributed by atoms with E-state index in [1.165, 1.54) is 6.07 Å². The predicted octanol–water partition coefficient (Wildman–Crippen LogP) is 4.14. The van der Waals surface area contributed by atoms with E-state index in [1.54, 1.807) is 22.7 Å². The molecule has 0 bridgehead atoms. The molecule has 2 saturated heterocycles. The standard InChI is InChI=1S/C22H24FN3O2S/c1-29-17-9-7-16(8-10-17)26-14-15(13-20(26)27)22(28)24-21-18(23)5-4-6-19(21)25-11-2-3-12-25/h4-10,15H,2-3,11-14H2,1H3,(H,24,28). The van der Waals surface area contributed by atoms with Gasteiger partial charge in [0.25, 0.3) is 0 Å². The van der Waals surface area contributed by atoms with Crippen LogP contribution >= 0.6 is 11.8 Å². The first-order valence-corrected chi connectivity index (χ1v) is 11.1. The fraction of sp³-hybridized carbons (Fsp3) is 0.364. The van der Waals surface area contributed by atoms with Gasteiger partial charge in [-0.05, 0) is 55.5 Å². The summed E-state index contributed by atoms with van der Waals surface area (Å²) in [7, 11) is 0. The van der Waals surface area contributed by atoms with E-state index in [2.05, 4.69) is 10.2 Å². The van der Waals surface area contributed by atoms with Crippen LogP contribution in [0.1, 0.15) is 19.3 Å². The molecule has 29 heavy (non-hydrogen) atoms. The van der Waals surface area contributed by atoms with Crippen LogP contribution in [0.2, 0.25) is 0 Å². The molecule has 1 unspecified atom stereocenters. The number of carbonyl (C=O) groups excluding carboxylic acids is 2. The fourth-order valence-electron chi connectivity index (χ4n) is 3.98. The Morgan fingerprint density at radius 1 is 1.14 bits per heavy atom. The molecule has 0 aliphatic carbocycles. The van der Waals surface area contributed by atoms with Crippen molar-refractivity contribution in [2.75, 3.05) is 41.0 Å². The summed E-state index contributed by atoms with van der Waals surface area (Å²) in [6, 6.07) is 12.6. The molecule has 7 heteroatoms. The third kappa shape index (κ3) is 4.10. The van der Waals surface area contributed by atoms with Gasteiger partial charge in [0.05, 0.1) is 11.6 Å². The Labute approximate surface area is 174 Å². The highest BCUT2D eigenvalue weighted by Gasteiger charge is 2.36. The third-order valence-corrected chi connectivity index (χ3v) is 6.31. The Hall–Kier alpha value is -2.54. The molecule has 2 aromatic rings. The number of nitrogens with one attached hydrogen (secondary N) is 1. The van der Waals surface area contributed by atoms with Crippen LogP contribution in [0.4, 0.5) is 21.5 Å². The third-order valence-electron chi connectivity index (χ3n) is 5.57. The van der Waals surface area contributed by atoms with Crippen LogP contribution in [0.3, 0.4) is 0 Å².